The van der Waals surface area contributed by atoms with Gasteiger partial charge < -0.3 is 14.5 Å². The molecule has 1 atom stereocenters. The minimum absolute atomic E-state index is 0.157. The molecular formula is C22H22N2O4. The summed E-state index contributed by atoms with van der Waals surface area (Å²) >= 11 is 0. The molecule has 6 heteroatoms. The molecule has 1 aromatic carbocycles. The van der Waals surface area contributed by atoms with Crippen LogP contribution in [0.5, 0.6) is 0 Å². The van der Waals surface area contributed by atoms with E-state index < -0.39 is 11.9 Å². The lowest BCUT2D eigenvalue weighted by Gasteiger charge is -2.28. The SMILES string of the molecule is [C-]#[N+]C1=C(C)NC(C)=C(C(=O)OCCC)C1c1cccc2c(=O)cc(C)oc12. The predicted octanol–water partition coefficient (Wildman–Crippen LogP) is 4.17. The van der Waals surface area contributed by atoms with E-state index in [1.165, 1.54) is 6.07 Å². The number of fused-ring (bicyclic) bond motifs is 1. The maximum atomic E-state index is 12.9. The summed E-state index contributed by atoms with van der Waals surface area (Å²) in [6.07, 6.45) is 0.697. The van der Waals surface area contributed by atoms with Gasteiger partial charge in [0.05, 0.1) is 30.1 Å². The van der Waals surface area contributed by atoms with E-state index in [2.05, 4.69) is 10.2 Å². The summed E-state index contributed by atoms with van der Waals surface area (Å²) in [5.74, 6) is -0.672. The number of benzene rings is 1. The van der Waals surface area contributed by atoms with Crippen molar-refractivity contribution in [2.45, 2.75) is 40.0 Å². The van der Waals surface area contributed by atoms with Gasteiger partial charge in [0.2, 0.25) is 0 Å². The number of ether oxygens (including phenoxy) is 1. The van der Waals surface area contributed by atoms with Crippen LogP contribution in [-0.4, -0.2) is 12.6 Å². The molecule has 0 saturated heterocycles. The lowest BCUT2D eigenvalue weighted by molar-refractivity contribution is -0.139. The Labute approximate surface area is 163 Å². The van der Waals surface area contributed by atoms with Crippen molar-refractivity contribution in [1.29, 1.82) is 0 Å². The zero-order valence-electron chi connectivity index (χ0n) is 16.4. The molecule has 0 aliphatic carbocycles. The lowest BCUT2D eigenvalue weighted by atomic mass is 9.83. The molecule has 1 aromatic heterocycles. The van der Waals surface area contributed by atoms with E-state index in [0.717, 1.165) is 0 Å². The van der Waals surface area contributed by atoms with E-state index in [-0.39, 0.29) is 5.43 Å². The second-order valence-electron chi connectivity index (χ2n) is 6.80. The molecule has 0 fully saturated rings. The van der Waals surface area contributed by atoms with Crippen LogP contribution in [-0.2, 0) is 9.53 Å². The van der Waals surface area contributed by atoms with E-state index in [9.17, 15) is 9.59 Å². The van der Waals surface area contributed by atoms with E-state index in [1.54, 1.807) is 39.0 Å². The van der Waals surface area contributed by atoms with Gasteiger partial charge in [-0.05, 0) is 38.8 Å². The Morgan fingerprint density at radius 3 is 2.71 bits per heavy atom. The standard InChI is InChI=1S/C22H22N2O4/c1-6-10-27-22(26)18-13(3)24-14(4)20(23-5)19(18)16-9-7-8-15-17(25)11-12(2)28-21(15)16/h7-9,11,19,24H,6,10H2,1-4H3. The summed E-state index contributed by atoms with van der Waals surface area (Å²) in [6.45, 7) is 15.2. The molecule has 6 nitrogen and oxygen atoms in total. The van der Waals surface area contributed by atoms with Gasteiger partial charge in [0.15, 0.2) is 11.1 Å². The highest BCUT2D eigenvalue weighted by Gasteiger charge is 2.36. The normalized spacial score (nSPS) is 16.8. The molecule has 0 saturated carbocycles. The molecule has 2 heterocycles. The number of esters is 1. The molecule has 0 amide bonds. The first-order valence-corrected chi connectivity index (χ1v) is 9.15. The highest BCUT2D eigenvalue weighted by Crippen LogP contribution is 2.41. The summed E-state index contributed by atoms with van der Waals surface area (Å²) in [5.41, 5.74) is 2.87. The van der Waals surface area contributed by atoms with Crippen LogP contribution in [0, 0.1) is 13.5 Å². The molecule has 0 spiro atoms. The van der Waals surface area contributed by atoms with Gasteiger partial charge in [-0.2, -0.15) is 0 Å². The fourth-order valence-electron chi connectivity index (χ4n) is 3.52. The van der Waals surface area contributed by atoms with Gasteiger partial charge in [-0.25, -0.2) is 9.64 Å². The number of para-hydroxylation sites is 1. The first-order chi connectivity index (χ1) is 13.4. The quantitative estimate of drug-likeness (QED) is 0.639. The van der Waals surface area contributed by atoms with Gasteiger partial charge in [-0.3, -0.25) is 4.79 Å². The van der Waals surface area contributed by atoms with E-state index in [0.29, 0.717) is 58.0 Å². The third kappa shape index (κ3) is 3.31. The molecule has 1 unspecified atom stereocenters. The fraction of sp³-hybridized carbons (Fsp3) is 0.318. The minimum atomic E-state index is -0.670. The van der Waals surface area contributed by atoms with Crippen LogP contribution in [0.2, 0.25) is 0 Å². The van der Waals surface area contributed by atoms with Crippen molar-refractivity contribution in [2.75, 3.05) is 6.61 Å². The number of aryl methyl sites for hydroxylation is 1. The fourth-order valence-corrected chi connectivity index (χ4v) is 3.52. The number of rotatable bonds is 4. The zero-order valence-corrected chi connectivity index (χ0v) is 16.4. The maximum Gasteiger partial charge on any atom is 0.335 e. The molecule has 1 aliphatic rings. The van der Waals surface area contributed by atoms with Crippen LogP contribution < -0.4 is 10.7 Å². The van der Waals surface area contributed by atoms with Crippen LogP contribution in [0.4, 0.5) is 0 Å². The number of hydrogen-bond acceptors (Lipinski definition) is 5. The predicted molar refractivity (Wildman–Crippen MR) is 106 cm³/mol. The number of nitrogens with one attached hydrogen (secondary N) is 1. The lowest BCUT2D eigenvalue weighted by Crippen LogP contribution is -2.28. The molecule has 0 radical (unpaired) electrons. The van der Waals surface area contributed by atoms with Crippen molar-refractivity contribution >= 4 is 16.9 Å². The molecule has 3 rings (SSSR count). The second kappa shape index (κ2) is 7.73. The monoisotopic (exact) mass is 378 g/mol. The van der Waals surface area contributed by atoms with Crippen molar-refractivity contribution in [2.24, 2.45) is 0 Å². The number of carbonyl (C=O) groups is 1. The summed E-state index contributed by atoms with van der Waals surface area (Å²) in [7, 11) is 0. The van der Waals surface area contributed by atoms with Crippen molar-refractivity contribution in [3.8, 4) is 0 Å². The average Bonchev–Trinajstić information content (AvgIpc) is 2.65. The minimum Gasteiger partial charge on any atom is -0.462 e. The van der Waals surface area contributed by atoms with Gasteiger partial charge in [-0.1, -0.05) is 19.1 Å². The highest BCUT2D eigenvalue weighted by atomic mass is 16.5. The average molecular weight is 378 g/mol. The number of dihydropyridines is 1. The van der Waals surface area contributed by atoms with Crippen LogP contribution in [0.25, 0.3) is 15.8 Å². The van der Waals surface area contributed by atoms with Gasteiger partial charge in [0.25, 0.3) is 0 Å². The highest BCUT2D eigenvalue weighted by molar-refractivity contribution is 5.94. The van der Waals surface area contributed by atoms with Crippen molar-refractivity contribution in [3.63, 3.8) is 0 Å². The van der Waals surface area contributed by atoms with Crippen LogP contribution in [0.1, 0.15) is 44.4 Å². The Kier molecular flexibility index (Phi) is 5.36. The van der Waals surface area contributed by atoms with Gasteiger partial charge in [-0.15, -0.1) is 0 Å². The van der Waals surface area contributed by atoms with Crippen LogP contribution in [0.15, 0.2) is 56.1 Å². The van der Waals surface area contributed by atoms with Crippen molar-refractivity contribution < 1.29 is 13.9 Å². The third-order valence-electron chi connectivity index (χ3n) is 4.72. The Balaban J connectivity index is 2.30. The first kappa shape index (κ1) is 19.4. The molecule has 2 aromatic rings. The van der Waals surface area contributed by atoms with Crippen LogP contribution in [0.3, 0.4) is 0 Å². The van der Waals surface area contributed by atoms with E-state index in [4.69, 9.17) is 15.7 Å². The molecule has 1 N–H and O–H groups in total. The maximum absolute atomic E-state index is 12.9. The molecule has 0 bridgehead atoms. The number of nitrogens with zero attached hydrogens (tertiary/aromatic N) is 1. The van der Waals surface area contributed by atoms with Gasteiger partial charge >= 0.3 is 5.97 Å². The Bertz CT molecular complexity index is 1120. The summed E-state index contributed by atoms with van der Waals surface area (Å²) in [6, 6.07) is 6.65. The molecule has 144 valence electrons. The number of hydrogen-bond donors (Lipinski definition) is 1. The summed E-state index contributed by atoms with van der Waals surface area (Å²) in [4.78, 5) is 29.0. The second-order valence-corrected chi connectivity index (χ2v) is 6.80. The topological polar surface area (TPSA) is 72.9 Å². The van der Waals surface area contributed by atoms with Gasteiger partial charge in [0, 0.05) is 17.5 Å². The Morgan fingerprint density at radius 1 is 1.29 bits per heavy atom. The van der Waals surface area contributed by atoms with Gasteiger partial charge in [0.1, 0.15) is 11.3 Å². The molecule has 28 heavy (non-hydrogen) atoms. The largest absolute Gasteiger partial charge is 0.462 e. The first-order valence-electron chi connectivity index (χ1n) is 9.15. The van der Waals surface area contributed by atoms with Crippen molar-refractivity contribution in [3.05, 3.63) is 79.9 Å². The van der Waals surface area contributed by atoms with E-state index >= 15 is 0 Å². The smallest absolute Gasteiger partial charge is 0.335 e. The third-order valence-corrected chi connectivity index (χ3v) is 4.72. The zero-order chi connectivity index (χ0) is 20.4. The number of allylic oxidation sites excluding steroid dienone is 3. The van der Waals surface area contributed by atoms with E-state index in [1.807, 2.05) is 6.92 Å². The van der Waals surface area contributed by atoms with Crippen molar-refractivity contribution in [1.82, 2.24) is 5.32 Å². The molecule has 1 aliphatic heterocycles. The Morgan fingerprint density at radius 2 is 2.04 bits per heavy atom. The number of carbonyl (C=O) groups excluding carboxylic acids is 1. The van der Waals surface area contributed by atoms with Crippen LogP contribution >= 0.6 is 0 Å². The summed E-state index contributed by atoms with van der Waals surface area (Å²) < 4.78 is 11.3. The summed E-state index contributed by atoms with van der Waals surface area (Å²) in [5, 5.41) is 3.53. The molecular weight excluding hydrogens is 356 g/mol. The Hall–Kier alpha value is -3.33.